The lowest BCUT2D eigenvalue weighted by atomic mass is 9.99. The lowest BCUT2D eigenvalue weighted by molar-refractivity contribution is -0.125. The number of aryl methyl sites for hydroxylation is 2. The molecule has 1 amide bonds. The molecule has 1 unspecified atom stereocenters. The fourth-order valence-electron chi connectivity index (χ4n) is 3.88. The van der Waals surface area contributed by atoms with E-state index in [1.54, 1.807) is 7.11 Å². The molecule has 4 heteroatoms. The summed E-state index contributed by atoms with van der Waals surface area (Å²) in [6.07, 6.45) is 2.00. The zero-order valence-electron chi connectivity index (χ0n) is 16.6. The van der Waals surface area contributed by atoms with Crippen LogP contribution in [0, 0.1) is 13.8 Å². The van der Waals surface area contributed by atoms with Crippen LogP contribution < -0.4 is 5.32 Å². The summed E-state index contributed by atoms with van der Waals surface area (Å²) in [6.45, 7) is 7.19. The Hall–Kier alpha value is -2.17. The van der Waals surface area contributed by atoms with Crippen molar-refractivity contribution in [1.29, 1.82) is 0 Å². The van der Waals surface area contributed by atoms with Crippen molar-refractivity contribution in [3.8, 4) is 11.1 Å². The first-order chi connectivity index (χ1) is 13.1. The topological polar surface area (TPSA) is 41.6 Å². The number of ether oxygens (including phenoxy) is 1. The Labute approximate surface area is 162 Å². The van der Waals surface area contributed by atoms with Crippen molar-refractivity contribution in [3.63, 3.8) is 0 Å². The minimum Gasteiger partial charge on any atom is -0.383 e. The van der Waals surface area contributed by atoms with Crippen LogP contribution in [0.25, 0.3) is 11.1 Å². The molecule has 0 bridgehead atoms. The highest BCUT2D eigenvalue weighted by atomic mass is 16.5. The number of amides is 1. The number of nitrogens with zero attached hydrogens (tertiary/aromatic N) is 1. The Kier molecular flexibility index (Phi) is 6.64. The zero-order chi connectivity index (χ0) is 19.2. The molecular weight excluding hydrogens is 336 g/mol. The SMILES string of the molecule is COCCNC(=O)C1CCCN1Cc1ccc(-c2cc(C)cc(C)c2)cc1. The molecule has 2 aromatic rings. The van der Waals surface area contributed by atoms with Gasteiger partial charge in [-0.3, -0.25) is 9.69 Å². The fraction of sp³-hybridized carbons (Fsp3) is 0.435. The summed E-state index contributed by atoms with van der Waals surface area (Å²) in [5, 5.41) is 2.98. The largest absolute Gasteiger partial charge is 0.383 e. The van der Waals surface area contributed by atoms with Crippen LogP contribution in [0.2, 0.25) is 0 Å². The summed E-state index contributed by atoms with van der Waals surface area (Å²) in [6, 6.07) is 15.4. The second-order valence-electron chi connectivity index (χ2n) is 7.49. The van der Waals surface area contributed by atoms with E-state index in [9.17, 15) is 4.79 Å². The quantitative estimate of drug-likeness (QED) is 0.760. The van der Waals surface area contributed by atoms with Crippen molar-refractivity contribution in [2.45, 2.75) is 39.3 Å². The van der Waals surface area contributed by atoms with Gasteiger partial charge in [0.25, 0.3) is 0 Å². The molecule has 0 aromatic heterocycles. The number of likely N-dealkylation sites (tertiary alicyclic amines) is 1. The maximum absolute atomic E-state index is 12.4. The number of nitrogens with one attached hydrogen (secondary N) is 1. The van der Waals surface area contributed by atoms with Crippen LogP contribution in [0.3, 0.4) is 0 Å². The minimum absolute atomic E-state index is 0.0269. The number of benzene rings is 2. The maximum Gasteiger partial charge on any atom is 0.237 e. The molecule has 1 aliphatic heterocycles. The molecule has 2 aromatic carbocycles. The van der Waals surface area contributed by atoms with Gasteiger partial charge in [0, 0.05) is 20.2 Å². The van der Waals surface area contributed by atoms with Gasteiger partial charge in [-0.2, -0.15) is 0 Å². The first-order valence-corrected chi connectivity index (χ1v) is 9.75. The summed E-state index contributed by atoms with van der Waals surface area (Å²) >= 11 is 0. The number of hydrogen-bond acceptors (Lipinski definition) is 3. The highest BCUT2D eigenvalue weighted by Gasteiger charge is 2.30. The molecule has 0 saturated carbocycles. The molecule has 144 valence electrons. The van der Waals surface area contributed by atoms with Crippen molar-refractivity contribution in [2.24, 2.45) is 0 Å². The molecule has 1 fully saturated rings. The highest BCUT2D eigenvalue weighted by Crippen LogP contribution is 2.25. The van der Waals surface area contributed by atoms with E-state index in [4.69, 9.17) is 4.74 Å². The Morgan fingerprint density at radius 1 is 1.11 bits per heavy atom. The Morgan fingerprint density at radius 3 is 2.48 bits per heavy atom. The van der Waals surface area contributed by atoms with Gasteiger partial charge in [0.05, 0.1) is 12.6 Å². The van der Waals surface area contributed by atoms with E-state index < -0.39 is 0 Å². The molecule has 1 N–H and O–H groups in total. The van der Waals surface area contributed by atoms with Gasteiger partial charge in [-0.15, -0.1) is 0 Å². The van der Waals surface area contributed by atoms with Gasteiger partial charge in [-0.1, -0.05) is 53.6 Å². The predicted octanol–water partition coefficient (Wildman–Crippen LogP) is 3.70. The molecule has 0 radical (unpaired) electrons. The molecule has 1 heterocycles. The second-order valence-corrected chi connectivity index (χ2v) is 7.49. The molecule has 1 aliphatic rings. The molecule has 1 saturated heterocycles. The summed E-state index contributed by atoms with van der Waals surface area (Å²) in [5.74, 6) is 0.122. The monoisotopic (exact) mass is 366 g/mol. The molecule has 0 aliphatic carbocycles. The molecular formula is C23H30N2O2. The Balaban J connectivity index is 1.64. The standard InChI is InChI=1S/C23H30N2O2/c1-17-13-18(2)15-21(14-17)20-8-6-19(7-9-20)16-25-11-4-5-22(25)23(26)24-10-12-27-3/h6-9,13-15,22H,4-5,10-12,16H2,1-3H3,(H,24,26). The van der Waals surface area contributed by atoms with Crippen LogP contribution in [-0.4, -0.2) is 43.7 Å². The number of rotatable bonds is 7. The molecule has 27 heavy (non-hydrogen) atoms. The van der Waals surface area contributed by atoms with Crippen molar-refractivity contribution in [3.05, 3.63) is 59.2 Å². The van der Waals surface area contributed by atoms with Gasteiger partial charge < -0.3 is 10.1 Å². The molecule has 4 nitrogen and oxygen atoms in total. The van der Waals surface area contributed by atoms with Crippen LogP contribution >= 0.6 is 0 Å². The lowest BCUT2D eigenvalue weighted by Gasteiger charge is -2.23. The summed E-state index contributed by atoms with van der Waals surface area (Å²) < 4.78 is 5.01. The zero-order valence-corrected chi connectivity index (χ0v) is 16.6. The lowest BCUT2D eigenvalue weighted by Crippen LogP contribution is -2.43. The van der Waals surface area contributed by atoms with Gasteiger partial charge in [0.1, 0.15) is 0 Å². The van der Waals surface area contributed by atoms with Gasteiger partial charge >= 0.3 is 0 Å². The van der Waals surface area contributed by atoms with Crippen LogP contribution in [0.5, 0.6) is 0 Å². The van der Waals surface area contributed by atoms with E-state index in [1.165, 1.54) is 27.8 Å². The third-order valence-electron chi connectivity index (χ3n) is 5.17. The Bertz CT molecular complexity index is 750. The van der Waals surface area contributed by atoms with E-state index in [1.807, 2.05) is 0 Å². The van der Waals surface area contributed by atoms with Crippen molar-refractivity contribution in [1.82, 2.24) is 10.2 Å². The normalized spacial score (nSPS) is 17.2. The van der Waals surface area contributed by atoms with Crippen LogP contribution in [0.15, 0.2) is 42.5 Å². The fourth-order valence-corrected chi connectivity index (χ4v) is 3.88. The number of carbonyl (C=O) groups is 1. The molecule has 0 spiro atoms. The highest BCUT2D eigenvalue weighted by molar-refractivity contribution is 5.82. The number of hydrogen-bond donors (Lipinski definition) is 1. The number of carbonyl (C=O) groups excluding carboxylic acids is 1. The van der Waals surface area contributed by atoms with Gasteiger partial charge in [0.15, 0.2) is 0 Å². The van der Waals surface area contributed by atoms with Gasteiger partial charge in [-0.25, -0.2) is 0 Å². The predicted molar refractivity (Wildman–Crippen MR) is 110 cm³/mol. The van der Waals surface area contributed by atoms with E-state index >= 15 is 0 Å². The van der Waals surface area contributed by atoms with Crippen molar-refractivity contribution < 1.29 is 9.53 Å². The van der Waals surface area contributed by atoms with Crippen molar-refractivity contribution in [2.75, 3.05) is 26.8 Å². The van der Waals surface area contributed by atoms with Gasteiger partial charge in [-0.05, 0) is 49.9 Å². The van der Waals surface area contributed by atoms with E-state index in [0.29, 0.717) is 13.2 Å². The summed E-state index contributed by atoms with van der Waals surface area (Å²) in [5.41, 5.74) is 6.32. The van der Waals surface area contributed by atoms with Gasteiger partial charge in [0.2, 0.25) is 5.91 Å². The molecule has 3 rings (SSSR count). The molecule has 1 atom stereocenters. The van der Waals surface area contributed by atoms with E-state index in [2.05, 4.69) is 66.5 Å². The van der Waals surface area contributed by atoms with E-state index in [0.717, 1.165) is 25.9 Å². The third kappa shape index (κ3) is 5.18. The first-order valence-electron chi connectivity index (χ1n) is 9.75. The number of methoxy groups -OCH3 is 1. The van der Waals surface area contributed by atoms with Crippen LogP contribution in [0.4, 0.5) is 0 Å². The van der Waals surface area contributed by atoms with Crippen LogP contribution in [0.1, 0.15) is 29.5 Å². The average Bonchev–Trinajstić information content (AvgIpc) is 3.10. The smallest absolute Gasteiger partial charge is 0.237 e. The summed E-state index contributed by atoms with van der Waals surface area (Å²) in [4.78, 5) is 14.7. The third-order valence-corrected chi connectivity index (χ3v) is 5.17. The Morgan fingerprint density at radius 2 is 1.81 bits per heavy atom. The maximum atomic E-state index is 12.4. The second kappa shape index (κ2) is 9.16. The summed E-state index contributed by atoms with van der Waals surface area (Å²) in [7, 11) is 1.65. The minimum atomic E-state index is -0.0269. The van der Waals surface area contributed by atoms with Crippen LogP contribution in [-0.2, 0) is 16.1 Å². The first kappa shape index (κ1) is 19.6. The average molecular weight is 367 g/mol. The van der Waals surface area contributed by atoms with Crippen molar-refractivity contribution >= 4 is 5.91 Å². The van der Waals surface area contributed by atoms with E-state index in [-0.39, 0.29) is 11.9 Å².